The molecule has 33 heavy (non-hydrogen) atoms. The van der Waals surface area contributed by atoms with Gasteiger partial charge in [-0.25, -0.2) is 9.78 Å². The predicted octanol–water partition coefficient (Wildman–Crippen LogP) is 3.55. The summed E-state index contributed by atoms with van der Waals surface area (Å²) in [6.07, 6.45) is 0.340. The number of carbonyl (C=O) groups is 1. The van der Waals surface area contributed by atoms with Crippen molar-refractivity contribution in [2.75, 3.05) is 6.61 Å². The van der Waals surface area contributed by atoms with Crippen LogP contribution in [0.4, 0.5) is 0 Å². The first-order valence-corrected chi connectivity index (χ1v) is 12.6. The van der Waals surface area contributed by atoms with E-state index < -0.39 is 24.7 Å². The Morgan fingerprint density at radius 1 is 0.909 bits per heavy atom. The second-order valence-corrected chi connectivity index (χ2v) is 10.2. The van der Waals surface area contributed by atoms with Gasteiger partial charge in [-0.2, -0.15) is 0 Å². The molecular formula is C26H25N2O4P. The monoisotopic (exact) mass is 460 g/mol. The smallest absolute Gasteiger partial charge is 0.329 e. The Morgan fingerprint density at radius 2 is 1.45 bits per heavy atom. The first-order valence-electron chi connectivity index (χ1n) is 10.9. The number of para-hydroxylation sites is 2. The molecule has 1 heterocycles. The Bertz CT molecular complexity index is 1340. The van der Waals surface area contributed by atoms with Crippen molar-refractivity contribution in [2.24, 2.45) is 0 Å². The van der Waals surface area contributed by atoms with Gasteiger partial charge in [0.05, 0.1) is 17.6 Å². The molecular weight excluding hydrogens is 435 g/mol. The van der Waals surface area contributed by atoms with Gasteiger partial charge in [0.15, 0.2) is 12.6 Å². The van der Waals surface area contributed by atoms with Gasteiger partial charge in [0.1, 0.15) is 6.04 Å². The van der Waals surface area contributed by atoms with Crippen molar-refractivity contribution in [3.05, 3.63) is 95.3 Å². The van der Waals surface area contributed by atoms with Crippen LogP contribution in [0.15, 0.2) is 89.7 Å². The van der Waals surface area contributed by atoms with Crippen molar-refractivity contribution in [1.29, 1.82) is 0 Å². The number of rotatable bonds is 7. The van der Waals surface area contributed by atoms with Crippen LogP contribution in [-0.2, 0) is 14.1 Å². The molecule has 0 saturated heterocycles. The summed E-state index contributed by atoms with van der Waals surface area (Å²) in [5, 5.41) is 1.01. The molecule has 0 bridgehead atoms. The number of hydrogen-bond donors (Lipinski definition) is 0. The molecule has 7 heteroatoms. The summed E-state index contributed by atoms with van der Waals surface area (Å²) in [6, 6.07) is 24.0. The molecule has 0 spiro atoms. The fourth-order valence-electron chi connectivity index (χ4n) is 4.02. The molecule has 3 aromatic carbocycles. The first-order chi connectivity index (χ1) is 16.0. The minimum atomic E-state index is -3.64. The second kappa shape index (κ2) is 9.55. The van der Waals surface area contributed by atoms with Gasteiger partial charge in [0, 0.05) is 10.6 Å². The maximum atomic E-state index is 14.8. The van der Waals surface area contributed by atoms with E-state index in [1.54, 1.807) is 79.7 Å². The lowest BCUT2D eigenvalue weighted by molar-refractivity contribution is -0.147. The molecule has 1 unspecified atom stereocenters. The van der Waals surface area contributed by atoms with E-state index in [0.717, 1.165) is 0 Å². The lowest BCUT2D eigenvalue weighted by atomic mass is 10.2. The predicted molar refractivity (Wildman–Crippen MR) is 131 cm³/mol. The van der Waals surface area contributed by atoms with Crippen LogP contribution >= 0.6 is 7.14 Å². The molecule has 4 aromatic rings. The van der Waals surface area contributed by atoms with Crippen molar-refractivity contribution in [2.45, 2.75) is 26.3 Å². The summed E-state index contributed by atoms with van der Waals surface area (Å²) in [7, 11) is -3.64. The summed E-state index contributed by atoms with van der Waals surface area (Å²) >= 11 is 0. The average Bonchev–Trinajstić information content (AvgIpc) is 2.86. The number of hydrogen-bond acceptors (Lipinski definition) is 5. The Hall–Kier alpha value is -3.50. The number of fused-ring (bicyclic) bond motifs is 1. The van der Waals surface area contributed by atoms with Crippen LogP contribution in [0.2, 0.25) is 0 Å². The maximum Gasteiger partial charge on any atom is 0.329 e. The average molecular weight is 460 g/mol. The van der Waals surface area contributed by atoms with Crippen LogP contribution < -0.4 is 21.6 Å². The van der Waals surface area contributed by atoms with Crippen molar-refractivity contribution in [3.8, 4) is 0 Å². The first kappa shape index (κ1) is 22.7. The molecule has 0 aliphatic rings. The minimum Gasteiger partial charge on any atom is -0.464 e. The molecule has 0 amide bonds. The van der Waals surface area contributed by atoms with Gasteiger partial charge in [0.25, 0.3) is 5.56 Å². The Balaban J connectivity index is 2.11. The minimum absolute atomic E-state index is 0.0682. The van der Waals surface area contributed by atoms with Crippen molar-refractivity contribution in [3.63, 3.8) is 0 Å². The van der Waals surface area contributed by atoms with Gasteiger partial charge in [-0.15, -0.1) is 0 Å². The van der Waals surface area contributed by atoms with Gasteiger partial charge < -0.3 is 9.30 Å². The van der Waals surface area contributed by atoms with Crippen molar-refractivity contribution >= 4 is 40.2 Å². The second-order valence-electron chi connectivity index (χ2n) is 7.56. The zero-order valence-corrected chi connectivity index (χ0v) is 19.4. The van der Waals surface area contributed by atoms with Crippen molar-refractivity contribution in [1.82, 2.24) is 9.55 Å². The van der Waals surface area contributed by atoms with Crippen LogP contribution in [0.5, 0.6) is 0 Å². The molecule has 0 aliphatic heterocycles. The number of carbonyl (C=O) groups excluding carboxylic acids is 1. The number of ether oxygens (including phenoxy) is 1. The Morgan fingerprint density at radius 3 is 2.00 bits per heavy atom. The summed E-state index contributed by atoms with van der Waals surface area (Å²) < 4.78 is 21.5. The van der Waals surface area contributed by atoms with Gasteiger partial charge in [-0.05, 0) is 25.5 Å². The van der Waals surface area contributed by atoms with E-state index >= 15 is 0 Å². The van der Waals surface area contributed by atoms with E-state index in [2.05, 4.69) is 4.98 Å². The normalized spacial score (nSPS) is 12.4. The topological polar surface area (TPSA) is 78.3 Å². The number of esters is 1. The number of benzene rings is 3. The lowest BCUT2D eigenvalue weighted by Gasteiger charge is -2.23. The third kappa shape index (κ3) is 4.03. The third-order valence-corrected chi connectivity index (χ3v) is 8.51. The van der Waals surface area contributed by atoms with Crippen molar-refractivity contribution < 1.29 is 14.1 Å². The van der Waals surface area contributed by atoms with Gasteiger partial charge >= 0.3 is 5.97 Å². The maximum absolute atomic E-state index is 14.8. The molecule has 1 aromatic heterocycles. The van der Waals surface area contributed by atoms with Crippen LogP contribution in [0.25, 0.3) is 11.0 Å². The third-order valence-electron chi connectivity index (χ3n) is 5.57. The van der Waals surface area contributed by atoms with Crippen LogP contribution in [0, 0.1) is 0 Å². The number of aromatic nitrogens is 2. The highest BCUT2D eigenvalue weighted by atomic mass is 31.2. The van der Waals surface area contributed by atoms with Crippen LogP contribution in [0.1, 0.15) is 26.3 Å². The highest BCUT2D eigenvalue weighted by Gasteiger charge is 2.36. The summed E-state index contributed by atoms with van der Waals surface area (Å²) in [6.45, 7) is 3.74. The van der Waals surface area contributed by atoms with Crippen LogP contribution in [0.3, 0.4) is 0 Å². The fourth-order valence-corrected chi connectivity index (χ4v) is 6.62. The Labute approximate surface area is 192 Å². The molecule has 168 valence electrons. The molecule has 4 rings (SSSR count). The molecule has 0 aliphatic carbocycles. The van der Waals surface area contributed by atoms with E-state index in [0.29, 0.717) is 28.1 Å². The van der Waals surface area contributed by atoms with Gasteiger partial charge in [-0.1, -0.05) is 79.7 Å². The Kier molecular flexibility index (Phi) is 6.57. The molecule has 0 radical (unpaired) electrons. The highest BCUT2D eigenvalue weighted by Crippen LogP contribution is 2.40. The van der Waals surface area contributed by atoms with E-state index in [-0.39, 0.29) is 12.0 Å². The molecule has 0 saturated carbocycles. The zero-order chi connectivity index (χ0) is 23.4. The zero-order valence-electron chi connectivity index (χ0n) is 18.5. The molecule has 0 N–H and O–H groups in total. The number of nitrogens with zero attached hydrogens (tertiary/aromatic N) is 2. The summed E-state index contributed by atoms with van der Waals surface area (Å²) in [5.41, 5.74) is 0.367. The largest absolute Gasteiger partial charge is 0.464 e. The molecule has 1 atom stereocenters. The molecule has 0 fully saturated rings. The van der Waals surface area contributed by atoms with E-state index in [9.17, 15) is 14.2 Å². The van der Waals surface area contributed by atoms with E-state index in [1.165, 1.54) is 4.57 Å². The quantitative estimate of drug-likeness (QED) is 0.311. The van der Waals surface area contributed by atoms with Crippen LogP contribution in [-0.4, -0.2) is 22.1 Å². The molecule has 6 nitrogen and oxygen atoms in total. The van der Waals surface area contributed by atoms with Gasteiger partial charge in [-0.3, -0.25) is 9.36 Å². The standard InChI is InChI=1S/C26H25N2O4P/c1-3-22(26(30)32-4-2)28-23-18-12-11-17-21(23)27-24(25(28)29)33(31,19-13-7-5-8-14-19)20-15-9-6-10-16-20/h5-18,22H,3-4H2,1-2H3. The highest BCUT2D eigenvalue weighted by molar-refractivity contribution is 7.85. The summed E-state index contributed by atoms with van der Waals surface area (Å²) in [4.78, 5) is 31.4. The van der Waals surface area contributed by atoms with E-state index in [1.807, 2.05) is 19.1 Å². The SMILES string of the molecule is CCOC(=O)C(CC)n1c(=O)c(P(=O)(c2ccccc2)c2ccccc2)nc2ccccc21. The fraction of sp³-hybridized carbons (Fsp3) is 0.192. The summed E-state index contributed by atoms with van der Waals surface area (Å²) in [5.74, 6) is -0.501. The lowest BCUT2D eigenvalue weighted by Crippen LogP contribution is -2.44. The van der Waals surface area contributed by atoms with E-state index in [4.69, 9.17) is 4.74 Å². The van der Waals surface area contributed by atoms with Gasteiger partial charge in [0.2, 0.25) is 0 Å².